The van der Waals surface area contributed by atoms with Crippen LogP contribution in [0.2, 0.25) is 0 Å². The highest BCUT2D eigenvalue weighted by atomic mass is 14.7. The molecule has 0 aliphatic rings. The average Bonchev–Trinajstić information content (AvgIpc) is 3.01. The number of benzene rings is 5. The van der Waals surface area contributed by atoms with Crippen LogP contribution in [-0.2, 0) is 0 Å². The van der Waals surface area contributed by atoms with Crippen molar-refractivity contribution in [2.24, 2.45) is 0 Å². The van der Waals surface area contributed by atoms with Crippen molar-refractivity contribution in [1.29, 1.82) is 0 Å². The molecule has 5 aromatic carbocycles. The van der Waals surface area contributed by atoms with Crippen LogP contribution < -0.4 is 0 Å². The van der Waals surface area contributed by atoms with E-state index in [-0.39, 0.29) is 0 Å². The van der Waals surface area contributed by atoms with Crippen LogP contribution in [0.4, 0.5) is 0 Å². The second kappa shape index (κ2) is 9.42. The average molecular weight is 485 g/mol. The standard InChI is InChI=1S/C36H24N2/c1-3-9-29-21-31(18-14-25(29)7-1)35-23-33(27-12-16-28(17-13-27)34-11-5-6-20-37-34)24-36(38-35)32-19-15-26-8-2-4-10-30(26)22-32/h1-24H. The van der Waals surface area contributed by atoms with Crippen molar-refractivity contribution in [1.82, 2.24) is 9.97 Å². The van der Waals surface area contributed by atoms with Crippen LogP contribution in [0.15, 0.2) is 146 Å². The molecule has 2 heteroatoms. The van der Waals surface area contributed by atoms with Crippen LogP contribution in [0.1, 0.15) is 0 Å². The lowest BCUT2D eigenvalue weighted by Crippen LogP contribution is -1.92. The molecule has 0 fully saturated rings. The van der Waals surface area contributed by atoms with Gasteiger partial charge in [-0.2, -0.15) is 0 Å². The van der Waals surface area contributed by atoms with E-state index in [2.05, 4.69) is 126 Å². The maximum atomic E-state index is 5.17. The van der Waals surface area contributed by atoms with Gasteiger partial charge < -0.3 is 0 Å². The summed E-state index contributed by atoms with van der Waals surface area (Å²) in [5.41, 5.74) is 8.51. The van der Waals surface area contributed by atoms with E-state index in [0.29, 0.717) is 0 Å². The minimum absolute atomic E-state index is 0.963. The van der Waals surface area contributed by atoms with E-state index in [1.165, 1.54) is 21.5 Å². The molecule has 7 rings (SSSR count). The largest absolute Gasteiger partial charge is 0.256 e. The molecule has 2 heterocycles. The van der Waals surface area contributed by atoms with Gasteiger partial charge in [0.2, 0.25) is 0 Å². The van der Waals surface area contributed by atoms with E-state index in [9.17, 15) is 0 Å². The topological polar surface area (TPSA) is 25.8 Å². The molecular weight excluding hydrogens is 460 g/mol. The number of pyridine rings is 2. The summed E-state index contributed by atoms with van der Waals surface area (Å²) in [6.07, 6.45) is 1.83. The van der Waals surface area contributed by atoms with Crippen LogP contribution in [0.25, 0.3) is 66.4 Å². The Morgan fingerprint density at radius 2 is 0.816 bits per heavy atom. The molecule has 0 atom stereocenters. The van der Waals surface area contributed by atoms with Gasteiger partial charge >= 0.3 is 0 Å². The Morgan fingerprint density at radius 1 is 0.316 bits per heavy atom. The lowest BCUT2D eigenvalue weighted by atomic mass is 9.97. The molecule has 0 N–H and O–H groups in total. The molecule has 0 aliphatic heterocycles. The Labute approximate surface area is 221 Å². The van der Waals surface area contributed by atoms with Crippen LogP contribution in [-0.4, -0.2) is 9.97 Å². The summed E-state index contributed by atoms with van der Waals surface area (Å²) >= 11 is 0. The van der Waals surface area contributed by atoms with E-state index < -0.39 is 0 Å². The molecule has 0 amide bonds. The molecule has 0 spiro atoms. The number of hydrogen-bond acceptors (Lipinski definition) is 2. The molecule has 38 heavy (non-hydrogen) atoms. The van der Waals surface area contributed by atoms with E-state index in [1.54, 1.807) is 0 Å². The number of hydrogen-bond donors (Lipinski definition) is 0. The Bertz CT molecular complexity index is 1810. The second-order valence-corrected chi connectivity index (χ2v) is 9.54. The second-order valence-electron chi connectivity index (χ2n) is 9.54. The summed E-state index contributed by atoms with van der Waals surface area (Å²) in [4.78, 5) is 9.67. The third-order valence-corrected chi connectivity index (χ3v) is 7.09. The minimum atomic E-state index is 0.963. The smallest absolute Gasteiger partial charge is 0.0715 e. The zero-order valence-corrected chi connectivity index (χ0v) is 20.8. The predicted octanol–water partition coefficient (Wildman–Crippen LogP) is 9.45. The maximum absolute atomic E-state index is 5.17. The van der Waals surface area contributed by atoms with Gasteiger partial charge in [0.1, 0.15) is 0 Å². The van der Waals surface area contributed by atoms with E-state index in [1.807, 2.05) is 24.4 Å². The molecule has 178 valence electrons. The maximum Gasteiger partial charge on any atom is 0.0715 e. The van der Waals surface area contributed by atoms with Crippen LogP contribution in [0.3, 0.4) is 0 Å². The van der Waals surface area contributed by atoms with Gasteiger partial charge in [0.05, 0.1) is 17.1 Å². The Balaban J connectivity index is 1.38. The zero-order valence-electron chi connectivity index (χ0n) is 20.8. The lowest BCUT2D eigenvalue weighted by Gasteiger charge is -2.12. The molecule has 0 saturated carbocycles. The fourth-order valence-corrected chi connectivity index (χ4v) is 5.06. The monoisotopic (exact) mass is 484 g/mol. The fourth-order valence-electron chi connectivity index (χ4n) is 5.06. The van der Waals surface area contributed by atoms with Crippen molar-refractivity contribution in [2.75, 3.05) is 0 Å². The summed E-state index contributed by atoms with van der Waals surface area (Å²) in [6.45, 7) is 0. The van der Waals surface area contributed by atoms with Crippen molar-refractivity contribution in [3.63, 3.8) is 0 Å². The SMILES string of the molecule is c1ccc(-c2ccc(-c3cc(-c4ccc5ccccc5c4)nc(-c4ccc5ccccc5c4)c3)cc2)nc1. The summed E-state index contributed by atoms with van der Waals surface area (Å²) in [5.74, 6) is 0. The van der Waals surface area contributed by atoms with Crippen LogP contribution in [0.5, 0.6) is 0 Å². The molecule has 0 bridgehead atoms. The number of aromatic nitrogens is 2. The molecule has 0 unspecified atom stereocenters. The summed E-state index contributed by atoms with van der Waals surface area (Å²) in [6, 6.07) is 49.1. The third kappa shape index (κ3) is 4.23. The third-order valence-electron chi connectivity index (χ3n) is 7.09. The molecule has 2 nitrogen and oxygen atoms in total. The summed E-state index contributed by atoms with van der Waals surface area (Å²) in [7, 11) is 0. The van der Waals surface area contributed by atoms with Crippen molar-refractivity contribution in [3.8, 4) is 44.9 Å². The van der Waals surface area contributed by atoms with Crippen LogP contribution >= 0.6 is 0 Å². The van der Waals surface area contributed by atoms with Gasteiger partial charge in [-0.1, -0.05) is 103 Å². The molecule has 0 saturated heterocycles. The number of rotatable bonds is 4. The summed E-state index contributed by atoms with van der Waals surface area (Å²) < 4.78 is 0. The van der Waals surface area contributed by atoms with E-state index in [4.69, 9.17) is 4.98 Å². The van der Waals surface area contributed by atoms with E-state index >= 15 is 0 Å². The highest BCUT2D eigenvalue weighted by Gasteiger charge is 2.11. The van der Waals surface area contributed by atoms with Crippen molar-refractivity contribution in [2.45, 2.75) is 0 Å². The Kier molecular flexibility index (Phi) is 5.49. The Hall–Kier alpha value is -5.08. The molecule has 0 aliphatic carbocycles. The van der Waals surface area contributed by atoms with Gasteiger partial charge in [-0.15, -0.1) is 0 Å². The molecule has 0 radical (unpaired) electrons. The first-order valence-electron chi connectivity index (χ1n) is 12.8. The number of nitrogens with zero attached hydrogens (tertiary/aromatic N) is 2. The molecular formula is C36H24N2. The van der Waals surface area contributed by atoms with Crippen molar-refractivity contribution >= 4 is 21.5 Å². The zero-order chi connectivity index (χ0) is 25.3. The van der Waals surface area contributed by atoms with Gasteiger partial charge in [-0.05, 0) is 69.1 Å². The van der Waals surface area contributed by atoms with E-state index in [0.717, 1.165) is 44.9 Å². The van der Waals surface area contributed by atoms with Gasteiger partial charge in [-0.25, -0.2) is 4.98 Å². The highest BCUT2D eigenvalue weighted by molar-refractivity contribution is 5.90. The highest BCUT2D eigenvalue weighted by Crippen LogP contribution is 2.33. The van der Waals surface area contributed by atoms with Gasteiger partial charge in [-0.3, -0.25) is 4.98 Å². The molecule has 2 aromatic heterocycles. The first-order valence-corrected chi connectivity index (χ1v) is 12.8. The summed E-state index contributed by atoms with van der Waals surface area (Å²) in [5, 5.41) is 4.88. The predicted molar refractivity (Wildman–Crippen MR) is 159 cm³/mol. The molecule has 7 aromatic rings. The Morgan fingerprint density at radius 3 is 1.37 bits per heavy atom. The normalized spacial score (nSPS) is 11.2. The first-order chi connectivity index (χ1) is 18.8. The minimum Gasteiger partial charge on any atom is -0.256 e. The number of fused-ring (bicyclic) bond motifs is 2. The quantitative estimate of drug-likeness (QED) is 0.249. The first kappa shape index (κ1) is 22.1. The van der Waals surface area contributed by atoms with Gasteiger partial charge in [0.15, 0.2) is 0 Å². The van der Waals surface area contributed by atoms with Crippen LogP contribution in [0, 0.1) is 0 Å². The fraction of sp³-hybridized carbons (Fsp3) is 0. The lowest BCUT2D eigenvalue weighted by molar-refractivity contribution is 1.32. The van der Waals surface area contributed by atoms with Gasteiger partial charge in [0, 0.05) is 22.9 Å². The van der Waals surface area contributed by atoms with Crippen molar-refractivity contribution < 1.29 is 0 Å². The van der Waals surface area contributed by atoms with Gasteiger partial charge in [0.25, 0.3) is 0 Å². The van der Waals surface area contributed by atoms with Crippen molar-refractivity contribution in [3.05, 3.63) is 146 Å².